The molecule has 3 N–H and O–H groups in total. The Labute approximate surface area is 87.4 Å². The van der Waals surface area contributed by atoms with E-state index in [4.69, 9.17) is 5.73 Å². The van der Waals surface area contributed by atoms with Crippen LogP contribution in [0.4, 0.5) is 0 Å². The molecule has 2 atom stereocenters. The van der Waals surface area contributed by atoms with Gasteiger partial charge in [0.15, 0.2) is 0 Å². The molecule has 0 unspecified atom stereocenters. The molecule has 1 saturated heterocycles. The molecule has 0 spiro atoms. The fraction of sp³-hybridized carbons (Fsp3) is 0.667. The largest absolute Gasteiger partial charge is 0.390 e. The molecule has 1 aromatic rings. The van der Waals surface area contributed by atoms with Gasteiger partial charge in [-0.1, -0.05) is 0 Å². The Kier molecular flexibility index (Phi) is 3.12. The molecule has 1 aliphatic rings. The molecule has 2 rings (SSSR count). The number of likely N-dealkylation sites (tertiary alicyclic amines) is 1. The number of piperidine rings is 1. The van der Waals surface area contributed by atoms with Crippen LogP contribution in [0.25, 0.3) is 0 Å². The average Bonchev–Trinajstić information content (AvgIpc) is 2.64. The van der Waals surface area contributed by atoms with Gasteiger partial charge >= 0.3 is 0 Å². The number of β-amino-alcohol motifs (C(OH)–C–C–N with tert-alkyl or cyclic N) is 1. The fourth-order valence-corrected chi connectivity index (χ4v) is 2.25. The smallest absolute Gasteiger partial charge is 0.0818 e. The van der Waals surface area contributed by atoms with E-state index in [1.54, 1.807) is 11.3 Å². The van der Waals surface area contributed by atoms with E-state index in [9.17, 15) is 5.11 Å². The second kappa shape index (κ2) is 4.35. The second-order valence-corrected chi connectivity index (χ2v) is 4.45. The van der Waals surface area contributed by atoms with Crippen LogP contribution in [0, 0.1) is 0 Å². The van der Waals surface area contributed by atoms with Crippen LogP contribution in [-0.4, -0.2) is 40.2 Å². The predicted octanol–water partition coefficient (Wildman–Crippen LogP) is 0.0370. The van der Waals surface area contributed by atoms with E-state index in [0.29, 0.717) is 6.54 Å². The first-order valence-electron chi connectivity index (χ1n) is 4.79. The van der Waals surface area contributed by atoms with Gasteiger partial charge in [-0.15, -0.1) is 11.3 Å². The molecular weight excluding hydrogens is 198 g/mol. The molecule has 0 aromatic carbocycles. The number of aliphatic hydroxyl groups excluding tert-OH is 1. The minimum Gasteiger partial charge on any atom is -0.390 e. The van der Waals surface area contributed by atoms with Crippen LogP contribution in [0.5, 0.6) is 0 Å². The van der Waals surface area contributed by atoms with E-state index in [1.807, 2.05) is 10.9 Å². The first kappa shape index (κ1) is 10.0. The number of aliphatic hydroxyl groups is 1. The summed E-state index contributed by atoms with van der Waals surface area (Å²) >= 11 is 1.60. The number of nitrogens with two attached hydrogens (primary N) is 1. The van der Waals surface area contributed by atoms with Gasteiger partial charge in [-0.05, 0) is 6.42 Å². The molecule has 0 saturated carbocycles. The molecule has 14 heavy (non-hydrogen) atoms. The van der Waals surface area contributed by atoms with Crippen molar-refractivity contribution in [2.75, 3.05) is 13.1 Å². The van der Waals surface area contributed by atoms with Gasteiger partial charge in [-0.25, -0.2) is 4.98 Å². The highest BCUT2D eigenvalue weighted by Gasteiger charge is 2.24. The van der Waals surface area contributed by atoms with Crippen LogP contribution in [-0.2, 0) is 6.54 Å². The van der Waals surface area contributed by atoms with Gasteiger partial charge in [-0.3, -0.25) is 4.90 Å². The van der Waals surface area contributed by atoms with Crippen molar-refractivity contribution >= 4 is 11.3 Å². The Morgan fingerprint density at radius 2 is 2.57 bits per heavy atom. The first-order valence-corrected chi connectivity index (χ1v) is 5.73. The third kappa shape index (κ3) is 2.30. The molecule has 1 fully saturated rings. The van der Waals surface area contributed by atoms with E-state index in [-0.39, 0.29) is 12.1 Å². The zero-order valence-electron chi connectivity index (χ0n) is 7.97. The van der Waals surface area contributed by atoms with Crippen molar-refractivity contribution < 1.29 is 5.11 Å². The highest BCUT2D eigenvalue weighted by Crippen LogP contribution is 2.12. The molecule has 2 heterocycles. The summed E-state index contributed by atoms with van der Waals surface area (Å²) in [6, 6.07) is -0.0540. The van der Waals surface area contributed by atoms with Crippen molar-refractivity contribution in [1.29, 1.82) is 0 Å². The van der Waals surface area contributed by atoms with Gasteiger partial charge in [0.25, 0.3) is 0 Å². The number of nitrogens with zero attached hydrogens (tertiary/aromatic N) is 2. The summed E-state index contributed by atoms with van der Waals surface area (Å²) in [4.78, 5) is 6.42. The molecule has 4 nitrogen and oxygen atoms in total. The van der Waals surface area contributed by atoms with E-state index in [0.717, 1.165) is 25.2 Å². The summed E-state index contributed by atoms with van der Waals surface area (Å²) in [6.07, 6.45) is 0.480. The molecule has 5 heteroatoms. The maximum Gasteiger partial charge on any atom is 0.0818 e. The minimum atomic E-state index is -0.387. The zero-order chi connectivity index (χ0) is 9.97. The van der Waals surface area contributed by atoms with Crippen molar-refractivity contribution in [2.24, 2.45) is 5.73 Å². The van der Waals surface area contributed by atoms with Crippen LogP contribution >= 0.6 is 11.3 Å². The van der Waals surface area contributed by atoms with E-state index >= 15 is 0 Å². The number of hydrogen-bond acceptors (Lipinski definition) is 5. The van der Waals surface area contributed by atoms with Crippen LogP contribution in [0.3, 0.4) is 0 Å². The fourth-order valence-electron chi connectivity index (χ4n) is 1.70. The normalized spacial score (nSPS) is 29.3. The van der Waals surface area contributed by atoms with Crippen LogP contribution in [0.2, 0.25) is 0 Å². The monoisotopic (exact) mass is 213 g/mol. The standard InChI is InChI=1S/C9H15N3OS/c10-8-1-2-12(4-9(8)13)3-7-5-14-6-11-7/h5-6,8-9,13H,1-4,10H2/t8-,9+/m0/s1. The predicted molar refractivity (Wildman–Crippen MR) is 56.0 cm³/mol. The maximum absolute atomic E-state index is 9.59. The highest BCUT2D eigenvalue weighted by molar-refractivity contribution is 7.07. The number of thiazole rings is 1. The van der Waals surface area contributed by atoms with Crippen molar-refractivity contribution in [3.05, 3.63) is 16.6 Å². The van der Waals surface area contributed by atoms with Crippen LogP contribution in [0.1, 0.15) is 12.1 Å². The van der Waals surface area contributed by atoms with Gasteiger partial charge < -0.3 is 10.8 Å². The van der Waals surface area contributed by atoms with Gasteiger partial charge in [0.05, 0.1) is 17.3 Å². The van der Waals surface area contributed by atoms with Crippen molar-refractivity contribution in [2.45, 2.75) is 25.1 Å². The third-order valence-corrected chi connectivity index (χ3v) is 3.22. The lowest BCUT2D eigenvalue weighted by atomic mass is 10.0. The number of hydrogen-bond donors (Lipinski definition) is 2. The van der Waals surface area contributed by atoms with Crippen LogP contribution < -0.4 is 5.73 Å². The SMILES string of the molecule is N[C@H]1CCN(Cc2cscn2)C[C@H]1O. The molecule has 0 bridgehead atoms. The Bertz CT molecular complexity index is 278. The Morgan fingerprint density at radius 1 is 1.71 bits per heavy atom. The average molecular weight is 213 g/mol. The molecule has 1 aromatic heterocycles. The molecule has 1 aliphatic heterocycles. The highest BCUT2D eigenvalue weighted by atomic mass is 32.1. The van der Waals surface area contributed by atoms with Crippen molar-refractivity contribution in [3.63, 3.8) is 0 Å². The Balaban J connectivity index is 1.88. The molecule has 78 valence electrons. The van der Waals surface area contributed by atoms with Gasteiger partial charge in [-0.2, -0.15) is 0 Å². The lowest BCUT2D eigenvalue weighted by molar-refractivity contribution is 0.0495. The summed E-state index contributed by atoms with van der Waals surface area (Å²) in [5.41, 5.74) is 8.64. The minimum absolute atomic E-state index is 0.0540. The molecular formula is C9H15N3OS. The summed E-state index contributed by atoms with van der Waals surface area (Å²) < 4.78 is 0. The zero-order valence-corrected chi connectivity index (χ0v) is 8.78. The molecule has 0 amide bonds. The Morgan fingerprint density at radius 3 is 3.21 bits per heavy atom. The lowest BCUT2D eigenvalue weighted by Gasteiger charge is -2.33. The number of aromatic nitrogens is 1. The number of rotatable bonds is 2. The van der Waals surface area contributed by atoms with E-state index < -0.39 is 0 Å². The van der Waals surface area contributed by atoms with Gasteiger partial charge in [0.1, 0.15) is 0 Å². The van der Waals surface area contributed by atoms with E-state index in [1.165, 1.54) is 0 Å². The van der Waals surface area contributed by atoms with Crippen molar-refractivity contribution in [1.82, 2.24) is 9.88 Å². The summed E-state index contributed by atoms with van der Waals surface area (Å²) in [5, 5.41) is 11.6. The summed E-state index contributed by atoms with van der Waals surface area (Å²) in [6.45, 7) is 2.45. The summed E-state index contributed by atoms with van der Waals surface area (Å²) in [5.74, 6) is 0. The second-order valence-electron chi connectivity index (χ2n) is 3.73. The van der Waals surface area contributed by atoms with Gasteiger partial charge in [0.2, 0.25) is 0 Å². The molecule has 0 aliphatic carbocycles. The first-order chi connectivity index (χ1) is 6.75. The lowest BCUT2D eigenvalue weighted by Crippen LogP contribution is -2.50. The van der Waals surface area contributed by atoms with E-state index in [2.05, 4.69) is 9.88 Å². The summed E-state index contributed by atoms with van der Waals surface area (Å²) in [7, 11) is 0. The third-order valence-electron chi connectivity index (χ3n) is 2.59. The quantitative estimate of drug-likeness (QED) is 0.728. The maximum atomic E-state index is 9.59. The van der Waals surface area contributed by atoms with Gasteiger partial charge in [0, 0.05) is 31.1 Å². The Hall–Kier alpha value is -0.490. The molecule has 0 radical (unpaired) electrons. The van der Waals surface area contributed by atoms with Crippen LogP contribution in [0.15, 0.2) is 10.9 Å². The van der Waals surface area contributed by atoms with Crippen molar-refractivity contribution in [3.8, 4) is 0 Å². The topological polar surface area (TPSA) is 62.4 Å².